The fraction of sp³-hybridized carbons (Fsp3) is 0.292. The van der Waals surface area contributed by atoms with Crippen LogP contribution in [0.25, 0.3) is 22.6 Å². The van der Waals surface area contributed by atoms with Crippen LogP contribution in [0.5, 0.6) is 0 Å². The number of ether oxygens (including phenoxy) is 1. The number of hydrogen-bond acceptors (Lipinski definition) is 8. The predicted molar refractivity (Wildman–Crippen MR) is 126 cm³/mol. The second kappa shape index (κ2) is 11.3. The molecule has 1 aromatic heterocycles. The Labute approximate surface area is 192 Å². The molecule has 0 aliphatic carbocycles. The van der Waals surface area contributed by atoms with Crippen molar-refractivity contribution in [2.45, 2.75) is 6.42 Å². The Bertz CT molecular complexity index is 1120. The number of non-ortho nitro benzene ring substituents is 1. The van der Waals surface area contributed by atoms with Gasteiger partial charge in [-0.15, -0.1) is 0 Å². The molecule has 0 saturated heterocycles. The van der Waals surface area contributed by atoms with Crippen LogP contribution in [0.4, 0.5) is 5.69 Å². The molecule has 9 heteroatoms. The lowest BCUT2D eigenvalue weighted by molar-refractivity contribution is -0.384. The van der Waals surface area contributed by atoms with Gasteiger partial charge >= 0.3 is 5.97 Å². The van der Waals surface area contributed by atoms with Crippen LogP contribution >= 0.6 is 0 Å². The topological polar surface area (TPSA) is 110 Å². The van der Waals surface area contributed by atoms with Crippen LogP contribution in [0.3, 0.4) is 0 Å². The fourth-order valence-corrected chi connectivity index (χ4v) is 3.33. The fourth-order valence-electron chi connectivity index (χ4n) is 3.33. The molecular formula is C24H27N5O4. The second-order valence-electron chi connectivity index (χ2n) is 7.69. The van der Waals surface area contributed by atoms with Crippen molar-refractivity contribution in [2.24, 2.45) is 0 Å². The van der Waals surface area contributed by atoms with E-state index in [9.17, 15) is 14.9 Å². The van der Waals surface area contributed by atoms with Crippen LogP contribution < -0.4 is 5.32 Å². The summed E-state index contributed by atoms with van der Waals surface area (Å²) >= 11 is 0. The van der Waals surface area contributed by atoms with E-state index in [4.69, 9.17) is 9.72 Å². The minimum absolute atomic E-state index is 0.0879. The van der Waals surface area contributed by atoms with E-state index in [1.807, 2.05) is 44.4 Å². The van der Waals surface area contributed by atoms with Gasteiger partial charge < -0.3 is 15.0 Å². The van der Waals surface area contributed by atoms with E-state index in [1.54, 1.807) is 12.1 Å². The van der Waals surface area contributed by atoms with Crippen molar-refractivity contribution in [1.29, 1.82) is 0 Å². The summed E-state index contributed by atoms with van der Waals surface area (Å²) in [7, 11) is 5.29. The molecule has 1 heterocycles. The van der Waals surface area contributed by atoms with Gasteiger partial charge in [-0.2, -0.15) is 0 Å². The molecule has 0 saturated carbocycles. The summed E-state index contributed by atoms with van der Waals surface area (Å²) in [6, 6.07) is 15.5. The van der Waals surface area contributed by atoms with Crippen molar-refractivity contribution in [3.8, 4) is 22.6 Å². The summed E-state index contributed by atoms with van der Waals surface area (Å²) in [4.78, 5) is 35.1. The van der Waals surface area contributed by atoms with Gasteiger partial charge in [0.25, 0.3) is 5.69 Å². The highest BCUT2D eigenvalue weighted by atomic mass is 16.6. The van der Waals surface area contributed by atoms with E-state index >= 15 is 0 Å². The summed E-state index contributed by atoms with van der Waals surface area (Å²) in [5.74, 6) is -0.146. The molecule has 0 bridgehead atoms. The maximum atomic E-state index is 12.8. The Morgan fingerprint density at radius 2 is 1.79 bits per heavy atom. The Balaban J connectivity index is 2.11. The molecule has 3 rings (SSSR count). The van der Waals surface area contributed by atoms with Gasteiger partial charge in [-0.25, -0.2) is 14.8 Å². The number of carbonyl (C=O) groups is 1. The van der Waals surface area contributed by atoms with Crippen LogP contribution in [0.15, 0.2) is 54.6 Å². The second-order valence-corrected chi connectivity index (χ2v) is 7.69. The minimum atomic E-state index is -0.584. The third-order valence-electron chi connectivity index (χ3n) is 5.01. The average molecular weight is 450 g/mol. The van der Waals surface area contributed by atoms with Crippen molar-refractivity contribution in [2.75, 3.05) is 40.8 Å². The van der Waals surface area contributed by atoms with Crippen LogP contribution in [0.2, 0.25) is 0 Å². The van der Waals surface area contributed by atoms with Gasteiger partial charge in [-0.05, 0) is 14.1 Å². The van der Waals surface area contributed by atoms with Crippen LogP contribution in [-0.2, 0) is 11.2 Å². The molecule has 0 unspecified atom stereocenters. The van der Waals surface area contributed by atoms with E-state index in [2.05, 4.69) is 15.2 Å². The number of nitrogens with zero attached hydrogens (tertiary/aromatic N) is 4. The summed E-state index contributed by atoms with van der Waals surface area (Å²) in [5.41, 5.74) is 2.19. The van der Waals surface area contributed by atoms with Crippen LogP contribution in [0.1, 0.15) is 16.1 Å². The Hall–Kier alpha value is -3.69. The summed E-state index contributed by atoms with van der Waals surface area (Å²) < 4.78 is 5.04. The molecule has 0 fully saturated rings. The summed E-state index contributed by atoms with van der Waals surface area (Å²) in [6.45, 7) is 2.26. The summed E-state index contributed by atoms with van der Waals surface area (Å²) in [6.07, 6.45) is 0.460. The molecule has 3 aromatic rings. The van der Waals surface area contributed by atoms with E-state index in [-0.39, 0.29) is 11.3 Å². The molecule has 0 aliphatic rings. The first-order valence-electron chi connectivity index (χ1n) is 10.6. The lowest BCUT2D eigenvalue weighted by Crippen LogP contribution is -2.28. The largest absolute Gasteiger partial charge is 0.465 e. The first-order chi connectivity index (χ1) is 15.9. The Morgan fingerprint density at radius 3 is 2.45 bits per heavy atom. The van der Waals surface area contributed by atoms with Gasteiger partial charge in [0.2, 0.25) is 0 Å². The van der Waals surface area contributed by atoms with Gasteiger partial charge in [-0.3, -0.25) is 10.1 Å². The SMILES string of the molecule is COC(=O)c1c(CCNCCN(C)C)nc(-c2ccccc2)nc1-c1cccc([N+](=O)[O-])c1. The smallest absolute Gasteiger partial charge is 0.341 e. The standard InChI is InChI=1S/C24H27N5O4/c1-28(2)15-14-25-13-12-20-21(24(30)33-3)22(18-10-7-11-19(16-18)29(31)32)27-23(26-20)17-8-5-4-6-9-17/h4-11,16,25H,12-15H2,1-3H3. The molecule has 2 aromatic carbocycles. The zero-order valence-corrected chi connectivity index (χ0v) is 18.9. The first kappa shape index (κ1) is 24.0. The lowest BCUT2D eigenvalue weighted by Gasteiger charge is -2.15. The average Bonchev–Trinajstić information content (AvgIpc) is 2.83. The zero-order chi connectivity index (χ0) is 23.8. The molecule has 0 spiro atoms. The minimum Gasteiger partial charge on any atom is -0.465 e. The molecule has 33 heavy (non-hydrogen) atoms. The number of hydrogen-bond donors (Lipinski definition) is 1. The normalized spacial score (nSPS) is 10.9. The number of benzene rings is 2. The number of methoxy groups -OCH3 is 1. The number of nitro benzene ring substituents is 1. The zero-order valence-electron chi connectivity index (χ0n) is 18.9. The maximum Gasteiger partial charge on any atom is 0.341 e. The molecule has 0 amide bonds. The number of nitrogens with one attached hydrogen (secondary N) is 1. The highest BCUT2D eigenvalue weighted by Crippen LogP contribution is 2.30. The summed E-state index contributed by atoms with van der Waals surface area (Å²) in [5, 5.41) is 14.7. The maximum absolute atomic E-state index is 12.8. The van der Waals surface area contributed by atoms with Gasteiger partial charge in [-0.1, -0.05) is 42.5 Å². The number of likely N-dealkylation sites (N-methyl/N-ethyl adjacent to an activating group) is 1. The third-order valence-corrected chi connectivity index (χ3v) is 5.01. The van der Waals surface area contributed by atoms with Gasteiger partial charge in [0.1, 0.15) is 5.56 Å². The number of esters is 1. The lowest BCUT2D eigenvalue weighted by atomic mass is 10.0. The van der Waals surface area contributed by atoms with E-state index in [1.165, 1.54) is 19.2 Å². The van der Waals surface area contributed by atoms with Crippen molar-refractivity contribution in [3.05, 3.63) is 76.0 Å². The third kappa shape index (κ3) is 6.18. The molecule has 0 atom stereocenters. The van der Waals surface area contributed by atoms with Crippen LogP contribution in [-0.4, -0.2) is 66.6 Å². The molecule has 9 nitrogen and oxygen atoms in total. The molecule has 172 valence electrons. The molecule has 0 aliphatic heterocycles. The quantitative estimate of drug-likeness (QED) is 0.217. The number of nitro groups is 1. The van der Waals surface area contributed by atoms with Crippen LogP contribution in [0, 0.1) is 10.1 Å². The van der Waals surface area contributed by atoms with E-state index < -0.39 is 10.9 Å². The molecule has 1 N–H and O–H groups in total. The Morgan fingerprint density at radius 1 is 1.06 bits per heavy atom. The van der Waals surface area contributed by atoms with Gasteiger partial charge in [0, 0.05) is 49.3 Å². The highest BCUT2D eigenvalue weighted by Gasteiger charge is 2.24. The molecular weight excluding hydrogens is 422 g/mol. The van der Waals surface area contributed by atoms with Gasteiger partial charge in [0.05, 0.1) is 23.4 Å². The van der Waals surface area contributed by atoms with E-state index in [0.29, 0.717) is 35.7 Å². The van der Waals surface area contributed by atoms with Gasteiger partial charge in [0.15, 0.2) is 5.82 Å². The highest BCUT2D eigenvalue weighted by molar-refractivity contribution is 5.97. The first-order valence-corrected chi connectivity index (χ1v) is 10.6. The van der Waals surface area contributed by atoms with Crippen molar-refractivity contribution in [1.82, 2.24) is 20.2 Å². The molecule has 0 radical (unpaired) electrons. The number of carbonyl (C=O) groups excluding carboxylic acids is 1. The van der Waals surface area contributed by atoms with Crippen molar-refractivity contribution < 1.29 is 14.5 Å². The monoisotopic (exact) mass is 449 g/mol. The predicted octanol–water partition coefficient (Wildman–Crippen LogP) is 3.20. The Kier molecular flexibility index (Phi) is 8.17. The number of aromatic nitrogens is 2. The van der Waals surface area contributed by atoms with Crippen molar-refractivity contribution in [3.63, 3.8) is 0 Å². The number of rotatable bonds is 10. The van der Waals surface area contributed by atoms with E-state index in [0.717, 1.165) is 18.7 Å². The van der Waals surface area contributed by atoms with Crippen molar-refractivity contribution >= 4 is 11.7 Å².